The number of thiazole rings is 1. The highest BCUT2D eigenvalue weighted by Gasteiger charge is 2.33. The molecule has 3 heterocycles. The summed E-state index contributed by atoms with van der Waals surface area (Å²) in [6.45, 7) is 3.73. The largest absolute Gasteiger partial charge is 0.460 e. The first-order chi connectivity index (χ1) is 19.7. The van der Waals surface area contributed by atoms with E-state index in [1.54, 1.807) is 68.5 Å². The molecule has 210 valence electrons. The number of hydrogen-bond acceptors (Lipinski definition) is 9. The fourth-order valence-electron chi connectivity index (χ4n) is 4.54. The molecular weight excluding hydrogens is 570 g/mol. The summed E-state index contributed by atoms with van der Waals surface area (Å²) in [6.07, 6.45) is 1.56. The Balaban J connectivity index is 1.60. The average Bonchev–Trinajstić information content (AvgIpc) is 3.52. The van der Waals surface area contributed by atoms with Crippen molar-refractivity contribution >= 4 is 40.7 Å². The van der Waals surface area contributed by atoms with Crippen LogP contribution >= 0.6 is 22.9 Å². The predicted octanol–water partition coefficient (Wildman–Crippen LogP) is 4.55. The van der Waals surface area contributed by atoms with Crippen molar-refractivity contribution in [2.24, 2.45) is 4.99 Å². The smallest absolute Gasteiger partial charge is 0.338 e. The number of allylic oxidation sites excluding steroid dienone is 1. The van der Waals surface area contributed by atoms with Gasteiger partial charge in [-0.3, -0.25) is 19.5 Å². The maximum atomic E-state index is 13.8. The minimum Gasteiger partial charge on any atom is -0.460 e. The van der Waals surface area contributed by atoms with Gasteiger partial charge in [-0.05, 0) is 55.3 Å². The number of methoxy groups -OCH3 is 1. The lowest BCUT2D eigenvalue weighted by atomic mass is 9.96. The van der Waals surface area contributed by atoms with E-state index in [2.05, 4.69) is 4.99 Å². The van der Waals surface area contributed by atoms with E-state index in [9.17, 15) is 19.7 Å². The third-order valence-corrected chi connectivity index (χ3v) is 7.70. The SMILES string of the molecule is COCCOC(=O)C1=C(C)N=c2sc(=Cc3ccc(-c4ccc(C)cc4[N+](=O)[O-])o3)c(=O)n2C1c1ccc(Cl)cc1. The number of nitro benzene ring substituents is 1. The van der Waals surface area contributed by atoms with Crippen molar-refractivity contribution in [3.8, 4) is 11.3 Å². The zero-order chi connectivity index (χ0) is 29.3. The highest BCUT2D eigenvalue weighted by Crippen LogP contribution is 2.33. The number of carbonyl (C=O) groups is 1. The number of carbonyl (C=O) groups excluding carboxylic acids is 1. The molecule has 12 heteroatoms. The van der Waals surface area contributed by atoms with E-state index in [1.807, 2.05) is 0 Å². The number of nitro groups is 1. The second-order valence-corrected chi connectivity index (χ2v) is 10.7. The summed E-state index contributed by atoms with van der Waals surface area (Å²) in [5, 5.41) is 12.1. The van der Waals surface area contributed by atoms with Gasteiger partial charge in [0.05, 0.1) is 38.9 Å². The van der Waals surface area contributed by atoms with Crippen LogP contribution in [0, 0.1) is 17.0 Å². The average molecular weight is 594 g/mol. The normalized spacial score (nSPS) is 15.0. The Morgan fingerprint density at radius 1 is 1.17 bits per heavy atom. The molecule has 0 bridgehead atoms. The topological polar surface area (TPSA) is 126 Å². The molecule has 0 spiro atoms. The van der Waals surface area contributed by atoms with Gasteiger partial charge in [-0.2, -0.15) is 0 Å². The summed E-state index contributed by atoms with van der Waals surface area (Å²) in [6, 6.07) is 14.2. The van der Waals surface area contributed by atoms with Gasteiger partial charge in [0.2, 0.25) is 0 Å². The van der Waals surface area contributed by atoms with Crippen LogP contribution in [-0.2, 0) is 14.3 Å². The van der Waals surface area contributed by atoms with Gasteiger partial charge in [0.1, 0.15) is 18.1 Å². The van der Waals surface area contributed by atoms with E-state index >= 15 is 0 Å². The van der Waals surface area contributed by atoms with E-state index in [4.69, 9.17) is 25.5 Å². The lowest BCUT2D eigenvalue weighted by Crippen LogP contribution is -2.40. The molecule has 2 aromatic carbocycles. The molecule has 5 rings (SSSR count). The standard InChI is InChI=1S/C29H24ClN3O7S/c1-16-4-10-21(22(14-16)33(36)37)23-11-9-20(40-23)15-24-27(34)32-26(18-5-7-19(30)8-6-18)25(17(2)31-29(32)41-24)28(35)39-13-12-38-3/h4-11,14-15,26H,12-13H2,1-3H3. The Bertz CT molecular complexity index is 1870. The van der Waals surface area contributed by atoms with E-state index in [0.717, 1.165) is 16.9 Å². The summed E-state index contributed by atoms with van der Waals surface area (Å²) in [7, 11) is 1.50. The second-order valence-electron chi connectivity index (χ2n) is 9.24. The molecule has 0 aliphatic carbocycles. The van der Waals surface area contributed by atoms with Gasteiger partial charge in [0.15, 0.2) is 4.80 Å². The van der Waals surface area contributed by atoms with Gasteiger partial charge < -0.3 is 13.9 Å². The van der Waals surface area contributed by atoms with Gasteiger partial charge in [0.25, 0.3) is 11.2 Å². The number of furan rings is 1. The molecule has 0 N–H and O–H groups in total. The zero-order valence-electron chi connectivity index (χ0n) is 22.3. The van der Waals surface area contributed by atoms with Crippen LogP contribution in [-0.4, -0.2) is 35.8 Å². The van der Waals surface area contributed by atoms with Crippen LogP contribution in [0.3, 0.4) is 0 Å². The molecule has 0 amide bonds. The van der Waals surface area contributed by atoms with Crippen LogP contribution in [0.15, 0.2) is 80.1 Å². The molecule has 0 fully saturated rings. The maximum Gasteiger partial charge on any atom is 0.338 e. The fraction of sp³-hybridized carbons (Fsp3) is 0.207. The van der Waals surface area contributed by atoms with Gasteiger partial charge in [0, 0.05) is 24.3 Å². The first-order valence-electron chi connectivity index (χ1n) is 12.5. The number of aryl methyl sites for hydroxylation is 1. The number of fused-ring (bicyclic) bond motifs is 1. The van der Waals surface area contributed by atoms with Crippen LogP contribution in [0.5, 0.6) is 0 Å². The molecule has 1 aliphatic rings. The summed E-state index contributed by atoms with van der Waals surface area (Å²) in [4.78, 5) is 43.1. The molecule has 10 nitrogen and oxygen atoms in total. The number of benzene rings is 2. The third-order valence-electron chi connectivity index (χ3n) is 6.46. The highest BCUT2D eigenvalue weighted by atomic mass is 35.5. The number of hydrogen-bond donors (Lipinski definition) is 0. The number of nitrogens with zero attached hydrogens (tertiary/aromatic N) is 3. The zero-order valence-corrected chi connectivity index (χ0v) is 23.8. The molecule has 1 aliphatic heterocycles. The molecule has 0 saturated carbocycles. The predicted molar refractivity (Wildman–Crippen MR) is 154 cm³/mol. The lowest BCUT2D eigenvalue weighted by Gasteiger charge is -2.24. The lowest BCUT2D eigenvalue weighted by molar-refractivity contribution is -0.384. The van der Waals surface area contributed by atoms with Crippen LogP contribution in [0.25, 0.3) is 17.4 Å². The van der Waals surface area contributed by atoms with Crippen molar-refractivity contribution in [3.05, 3.63) is 118 Å². The summed E-state index contributed by atoms with van der Waals surface area (Å²) in [5.41, 5.74) is 1.93. The number of halogens is 1. The summed E-state index contributed by atoms with van der Waals surface area (Å²) in [5.74, 6) is 0.0256. The molecular formula is C29H24ClN3O7S. The Kier molecular flexibility index (Phi) is 8.02. The van der Waals surface area contributed by atoms with Crippen LogP contribution in [0.1, 0.15) is 29.9 Å². The second kappa shape index (κ2) is 11.7. The molecule has 2 aromatic heterocycles. The number of aromatic nitrogens is 1. The van der Waals surface area contributed by atoms with E-state index in [1.165, 1.54) is 17.7 Å². The molecule has 0 saturated heterocycles. The van der Waals surface area contributed by atoms with Gasteiger partial charge >= 0.3 is 5.97 Å². The number of rotatable bonds is 8. The van der Waals surface area contributed by atoms with E-state index in [0.29, 0.717) is 42.7 Å². The first-order valence-corrected chi connectivity index (χ1v) is 13.7. The third kappa shape index (κ3) is 5.64. The highest BCUT2D eigenvalue weighted by molar-refractivity contribution is 7.07. The first kappa shape index (κ1) is 28.2. The summed E-state index contributed by atoms with van der Waals surface area (Å²) >= 11 is 7.25. The van der Waals surface area contributed by atoms with Crippen molar-refractivity contribution in [1.82, 2.24) is 4.57 Å². The van der Waals surface area contributed by atoms with Gasteiger partial charge in [-0.1, -0.05) is 41.1 Å². The summed E-state index contributed by atoms with van der Waals surface area (Å²) < 4.78 is 18.1. The minimum atomic E-state index is -0.803. The molecule has 1 atom stereocenters. The van der Waals surface area contributed by atoms with Crippen molar-refractivity contribution in [1.29, 1.82) is 0 Å². The van der Waals surface area contributed by atoms with Crippen molar-refractivity contribution in [3.63, 3.8) is 0 Å². The molecule has 4 aromatic rings. The van der Waals surface area contributed by atoms with E-state index < -0.39 is 16.9 Å². The van der Waals surface area contributed by atoms with Crippen molar-refractivity contribution < 1.29 is 23.6 Å². The van der Waals surface area contributed by atoms with Gasteiger partial charge in [-0.15, -0.1) is 0 Å². The molecule has 1 unspecified atom stereocenters. The molecule has 0 radical (unpaired) electrons. The van der Waals surface area contributed by atoms with Crippen LogP contribution < -0.4 is 14.9 Å². The van der Waals surface area contributed by atoms with Crippen molar-refractivity contribution in [2.45, 2.75) is 19.9 Å². The fourth-order valence-corrected chi connectivity index (χ4v) is 5.70. The Morgan fingerprint density at radius 3 is 2.63 bits per heavy atom. The monoisotopic (exact) mass is 593 g/mol. The Morgan fingerprint density at radius 2 is 1.93 bits per heavy atom. The Labute approximate surface area is 242 Å². The van der Waals surface area contributed by atoms with Crippen molar-refractivity contribution in [2.75, 3.05) is 20.3 Å². The number of ether oxygens (including phenoxy) is 2. The van der Waals surface area contributed by atoms with Crippen LogP contribution in [0.4, 0.5) is 5.69 Å². The quantitative estimate of drug-likeness (QED) is 0.127. The Hall–Kier alpha value is -4.32. The maximum absolute atomic E-state index is 13.8. The molecule has 41 heavy (non-hydrogen) atoms. The van der Waals surface area contributed by atoms with E-state index in [-0.39, 0.29) is 30.0 Å². The number of esters is 1. The minimum absolute atomic E-state index is 0.0455. The van der Waals surface area contributed by atoms with Gasteiger partial charge in [-0.25, -0.2) is 9.79 Å². The van der Waals surface area contributed by atoms with Crippen LogP contribution in [0.2, 0.25) is 5.02 Å².